The maximum atomic E-state index is 11.4. The van der Waals surface area contributed by atoms with Crippen molar-refractivity contribution in [2.75, 3.05) is 5.75 Å². The van der Waals surface area contributed by atoms with Crippen molar-refractivity contribution in [3.05, 3.63) is 0 Å². The fourth-order valence-electron chi connectivity index (χ4n) is 0.684. The number of hydrogen-bond acceptors (Lipinski definition) is 2. The first-order valence-electron chi connectivity index (χ1n) is 4.37. The topological polar surface area (TPSA) is 34.1 Å². The van der Waals surface area contributed by atoms with E-state index >= 15 is 0 Å². The van der Waals surface area contributed by atoms with Crippen molar-refractivity contribution in [3.63, 3.8) is 0 Å². The van der Waals surface area contributed by atoms with Crippen molar-refractivity contribution in [3.8, 4) is 0 Å². The van der Waals surface area contributed by atoms with Gasteiger partial charge in [-0.05, 0) is 25.7 Å². The Morgan fingerprint density at radius 2 is 1.58 bits per heavy atom. The van der Waals surface area contributed by atoms with Crippen LogP contribution in [0.25, 0.3) is 0 Å². The van der Waals surface area contributed by atoms with Gasteiger partial charge in [-0.25, -0.2) is 8.42 Å². The summed E-state index contributed by atoms with van der Waals surface area (Å²) in [7, 11) is -2.83. The SMILES string of the molecule is CC(C)S(=O)(=O)CCC(C)(C)C. The van der Waals surface area contributed by atoms with E-state index in [0.717, 1.165) is 6.42 Å². The van der Waals surface area contributed by atoms with Gasteiger partial charge >= 0.3 is 0 Å². The molecule has 0 rings (SSSR count). The Kier molecular flexibility index (Phi) is 3.76. The van der Waals surface area contributed by atoms with Crippen LogP contribution in [0.2, 0.25) is 0 Å². The maximum Gasteiger partial charge on any atom is 0.152 e. The van der Waals surface area contributed by atoms with E-state index in [1.54, 1.807) is 13.8 Å². The average molecular weight is 192 g/mol. The van der Waals surface area contributed by atoms with Crippen molar-refractivity contribution >= 4 is 9.84 Å². The second kappa shape index (κ2) is 3.77. The molecule has 0 heterocycles. The molecular formula is C9H20O2S. The third kappa shape index (κ3) is 4.75. The third-order valence-electron chi connectivity index (χ3n) is 1.85. The number of rotatable bonds is 3. The van der Waals surface area contributed by atoms with Gasteiger partial charge in [0.1, 0.15) is 0 Å². The first-order valence-corrected chi connectivity index (χ1v) is 6.08. The van der Waals surface area contributed by atoms with Crippen molar-refractivity contribution in [1.82, 2.24) is 0 Å². The molecule has 0 spiro atoms. The van der Waals surface area contributed by atoms with Gasteiger partial charge in [0.2, 0.25) is 0 Å². The van der Waals surface area contributed by atoms with Gasteiger partial charge < -0.3 is 0 Å². The van der Waals surface area contributed by atoms with Crippen molar-refractivity contribution in [1.29, 1.82) is 0 Å². The molecule has 0 bridgehead atoms. The second-order valence-electron chi connectivity index (χ2n) is 4.73. The monoisotopic (exact) mass is 192 g/mol. The molecule has 0 aromatic rings. The van der Waals surface area contributed by atoms with Gasteiger partial charge in [0.05, 0.1) is 11.0 Å². The van der Waals surface area contributed by atoms with E-state index < -0.39 is 9.84 Å². The summed E-state index contributed by atoms with van der Waals surface area (Å²) in [6.07, 6.45) is 0.744. The molecule has 0 atom stereocenters. The quantitative estimate of drug-likeness (QED) is 0.687. The predicted molar refractivity (Wildman–Crippen MR) is 53.0 cm³/mol. The van der Waals surface area contributed by atoms with Crippen molar-refractivity contribution < 1.29 is 8.42 Å². The summed E-state index contributed by atoms with van der Waals surface area (Å²) in [5.74, 6) is 0.314. The van der Waals surface area contributed by atoms with E-state index in [4.69, 9.17) is 0 Å². The summed E-state index contributed by atoms with van der Waals surface area (Å²) in [5, 5.41) is -0.236. The second-order valence-corrected chi connectivity index (χ2v) is 7.40. The average Bonchev–Trinajstić information content (AvgIpc) is 1.82. The Balaban J connectivity index is 4.12. The zero-order valence-electron chi connectivity index (χ0n) is 8.72. The summed E-state index contributed by atoms with van der Waals surface area (Å²) in [6.45, 7) is 9.64. The molecule has 0 aromatic heterocycles. The first kappa shape index (κ1) is 11.9. The van der Waals surface area contributed by atoms with E-state index in [1.165, 1.54) is 0 Å². The molecule has 0 radical (unpaired) electrons. The van der Waals surface area contributed by atoms with E-state index in [2.05, 4.69) is 20.8 Å². The molecule has 74 valence electrons. The van der Waals surface area contributed by atoms with E-state index in [9.17, 15) is 8.42 Å². The molecule has 0 aliphatic heterocycles. The third-order valence-corrected chi connectivity index (χ3v) is 4.06. The largest absolute Gasteiger partial charge is 0.229 e. The van der Waals surface area contributed by atoms with Gasteiger partial charge in [-0.1, -0.05) is 20.8 Å². The minimum absolute atomic E-state index is 0.113. The molecule has 0 N–H and O–H groups in total. The molecule has 0 aliphatic rings. The van der Waals surface area contributed by atoms with Crippen LogP contribution in [0.3, 0.4) is 0 Å². The van der Waals surface area contributed by atoms with Crippen LogP contribution in [0.4, 0.5) is 0 Å². The van der Waals surface area contributed by atoms with Gasteiger partial charge in [-0.2, -0.15) is 0 Å². The Bertz CT molecular complexity index is 219. The van der Waals surface area contributed by atoms with Crippen molar-refractivity contribution in [2.45, 2.75) is 46.3 Å². The molecule has 0 aromatic carbocycles. The van der Waals surface area contributed by atoms with Gasteiger partial charge in [0.15, 0.2) is 9.84 Å². The van der Waals surface area contributed by atoms with Crippen LogP contribution in [0.15, 0.2) is 0 Å². The summed E-state index contributed by atoms with van der Waals surface area (Å²) < 4.78 is 22.8. The molecule has 0 saturated heterocycles. The van der Waals surface area contributed by atoms with Crippen LogP contribution >= 0.6 is 0 Å². The number of hydrogen-bond donors (Lipinski definition) is 0. The Hall–Kier alpha value is -0.0500. The van der Waals surface area contributed by atoms with Crippen molar-refractivity contribution in [2.24, 2.45) is 5.41 Å². The molecule has 0 saturated carbocycles. The summed E-state index contributed by atoms with van der Waals surface area (Å²) in [4.78, 5) is 0. The van der Waals surface area contributed by atoms with Gasteiger partial charge in [0, 0.05) is 0 Å². The predicted octanol–water partition coefficient (Wildman–Crippen LogP) is 2.25. The highest BCUT2D eigenvalue weighted by molar-refractivity contribution is 7.91. The zero-order valence-corrected chi connectivity index (χ0v) is 9.53. The molecule has 0 aliphatic carbocycles. The highest BCUT2D eigenvalue weighted by Crippen LogP contribution is 2.20. The smallest absolute Gasteiger partial charge is 0.152 e. The maximum absolute atomic E-state index is 11.4. The number of sulfone groups is 1. The fraction of sp³-hybridized carbons (Fsp3) is 1.00. The van der Waals surface area contributed by atoms with Gasteiger partial charge in [-0.15, -0.1) is 0 Å². The standard InChI is InChI=1S/C9H20O2S/c1-8(2)12(10,11)7-6-9(3,4)5/h8H,6-7H2,1-5H3. The summed E-state index contributed by atoms with van der Waals surface area (Å²) in [5.41, 5.74) is 0.113. The fourth-order valence-corrected chi connectivity index (χ4v) is 2.05. The Morgan fingerprint density at radius 1 is 1.17 bits per heavy atom. The zero-order chi connectivity index (χ0) is 9.99. The minimum atomic E-state index is -2.83. The highest BCUT2D eigenvalue weighted by atomic mass is 32.2. The normalized spacial score (nSPS) is 13.8. The molecule has 0 amide bonds. The van der Waals surface area contributed by atoms with Crippen LogP contribution < -0.4 is 0 Å². The van der Waals surface area contributed by atoms with Crippen LogP contribution in [0.1, 0.15) is 41.0 Å². The molecule has 3 heteroatoms. The molecule has 2 nitrogen and oxygen atoms in total. The lowest BCUT2D eigenvalue weighted by atomic mass is 9.94. The lowest BCUT2D eigenvalue weighted by Gasteiger charge is -2.18. The molecule has 0 unspecified atom stereocenters. The minimum Gasteiger partial charge on any atom is -0.229 e. The molecule has 0 fully saturated rings. The lowest BCUT2D eigenvalue weighted by Crippen LogP contribution is -2.21. The summed E-state index contributed by atoms with van der Waals surface area (Å²) >= 11 is 0. The summed E-state index contributed by atoms with van der Waals surface area (Å²) in [6, 6.07) is 0. The van der Waals surface area contributed by atoms with Crippen LogP contribution in [0, 0.1) is 5.41 Å². The first-order chi connectivity index (χ1) is 5.15. The molecular weight excluding hydrogens is 172 g/mol. The Morgan fingerprint density at radius 3 is 1.83 bits per heavy atom. The van der Waals surface area contributed by atoms with E-state index in [-0.39, 0.29) is 10.7 Å². The highest BCUT2D eigenvalue weighted by Gasteiger charge is 2.19. The molecule has 12 heavy (non-hydrogen) atoms. The van der Waals surface area contributed by atoms with E-state index in [0.29, 0.717) is 5.75 Å². The van der Waals surface area contributed by atoms with Crippen LogP contribution in [-0.2, 0) is 9.84 Å². The van der Waals surface area contributed by atoms with E-state index in [1.807, 2.05) is 0 Å². The van der Waals surface area contributed by atoms with Gasteiger partial charge in [0.25, 0.3) is 0 Å². The Labute approximate surface area is 76.3 Å². The lowest BCUT2D eigenvalue weighted by molar-refractivity contribution is 0.396. The van der Waals surface area contributed by atoms with Gasteiger partial charge in [-0.3, -0.25) is 0 Å². The van der Waals surface area contributed by atoms with Crippen LogP contribution in [-0.4, -0.2) is 19.4 Å². The van der Waals surface area contributed by atoms with Crippen LogP contribution in [0.5, 0.6) is 0 Å².